The molecule has 0 unspecified atom stereocenters. The van der Waals surface area contributed by atoms with Gasteiger partial charge in [0.15, 0.2) is 6.54 Å². The maximum atomic E-state index is 12.1. The Morgan fingerprint density at radius 1 is 1.16 bits per heavy atom. The second-order valence-electron chi connectivity index (χ2n) is 7.02. The van der Waals surface area contributed by atoms with Crippen LogP contribution in [0.1, 0.15) is 32.1 Å². The highest BCUT2D eigenvalue weighted by atomic mass is 16.2. The molecule has 25 heavy (non-hydrogen) atoms. The summed E-state index contributed by atoms with van der Waals surface area (Å²) in [4.78, 5) is 30.8. The molecular formula is C18H29N5O2+2. The number of amides is 3. The van der Waals surface area contributed by atoms with E-state index >= 15 is 0 Å². The number of carbonyl (C=O) groups excluding carboxylic acids is 2. The van der Waals surface area contributed by atoms with Gasteiger partial charge in [-0.2, -0.15) is 0 Å². The Kier molecular flexibility index (Phi) is 6.22. The van der Waals surface area contributed by atoms with Crippen molar-refractivity contribution in [3.8, 4) is 0 Å². The van der Waals surface area contributed by atoms with Crippen molar-refractivity contribution in [2.24, 2.45) is 0 Å². The molecule has 2 aliphatic rings. The summed E-state index contributed by atoms with van der Waals surface area (Å²) in [5, 5.41) is 5.41. The number of quaternary nitrogens is 1. The highest BCUT2D eigenvalue weighted by molar-refractivity contribution is 5.94. The number of hydrogen-bond donors (Lipinski definition) is 3. The van der Waals surface area contributed by atoms with Crippen LogP contribution >= 0.6 is 0 Å². The maximum absolute atomic E-state index is 12.1. The van der Waals surface area contributed by atoms with Crippen molar-refractivity contribution in [3.63, 3.8) is 0 Å². The molecule has 2 heterocycles. The van der Waals surface area contributed by atoms with Crippen molar-refractivity contribution in [1.82, 2.24) is 10.6 Å². The number of nitrogens with one attached hydrogen (secondary N) is 4. The third-order valence-electron chi connectivity index (χ3n) is 5.11. The molecule has 0 atom stereocenters. The van der Waals surface area contributed by atoms with E-state index in [0.717, 1.165) is 57.7 Å². The minimum absolute atomic E-state index is 0.192. The van der Waals surface area contributed by atoms with Crippen LogP contribution in [0.4, 0.5) is 10.6 Å². The van der Waals surface area contributed by atoms with E-state index in [1.165, 1.54) is 11.3 Å². The molecule has 7 heteroatoms. The van der Waals surface area contributed by atoms with Crippen LogP contribution in [0, 0.1) is 0 Å². The Morgan fingerprint density at radius 3 is 2.60 bits per heavy atom. The van der Waals surface area contributed by atoms with Crippen LogP contribution < -0.4 is 25.4 Å². The molecule has 0 radical (unpaired) electrons. The molecule has 3 amide bonds. The van der Waals surface area contributed by atoms with E-state index in [4.69, 9.17) is 0 Å². The van der Waals surface area contributed by atoms with Gasteiger partial charge < -0.3 is 10.2 Å². The molecule has 136 valence electrons. The number of nitrogens with zero attached hydrogens (tertiary/aromatic N) is 1. The van der Waals surface area contributed by atoms with Gasteiger partial charge in [0.25, 0.3) is 11.7 Å². The topological polar surface area (TPSA) is 80.0 Å². The van der Waals surface area contributed by atoms with E-state index in [1.807, 2.05) is 18.3 Å². The quantitative estimate of drug-likeness (QED) is 0.678. The first-order valence-electron chi connectivity index (χ1n) is 9.36. The largest absolute Gasteiger partial charge is 0.335 e. The van der Waals surface area contributed by atoms with Crippen LogP contribution in [-0.4, -0.2) is 50.7 Å². The zero-order chi connectivity index (χ0) is 17.5. The van der Waals surface area contributed by atoms with Gasteiger partial charge in [-0.15, -0.1) is 0 Å². The fraction of sp³-hybridized carbons (Fsp3) is 0.611. The lowest BCUT2D eigenvalue weighted by molar-refractivity contribution is -0.892. The molecular weight excluding hydrogens is 318 g/mol. The monoisotopic (exact) mass is 347 g/mol. The van der Waals surface area contributed by atoms with E-state index in [9.17, 15) is 9.59 Å². The average molecular weight is 347 g/mol. The first-order valence-corrected chi connectivity index (χ1v) is 9.36. The highest BCUT2D eigenvalue weighted by Gasteiger charge is 2.27. The third kappa shape index (κ3) is 5.42. The number of imide groups is 1. The average Bonchev–Trinajstić information content (AvgIpc) is 2.63. The molecule has 0 bridgehead atoms. The third-order valence-corrected chi connectivity index (χ3v) is 5.11. The van der Waals surface area contributed by atoms with Gasteiger partial charge in [0.05, 0.1) is 6.20 Å². The number of hydrogen-bond acceptors (Lipinski definition) is 3. The number of pyridine rings is 1. The van der Waals surface area contributed by atoms with Gasteiger partial charge in [0.1, 0.15) is 26.2 Å². The Hall–Kier alpha value is -2.15. The SMILES string of the molecule is O=C(C[NH+]1CCN(c2cccc[nH+]2)CC1)NC(=O)NC1CCCCC1. The molecule has 1 aromatic rings. The summed E-state index contributed by atoms with van der Waals surface area (Å²) in [5.41, 5.74) is 0. The number of piperazine rings is 1. The molecule has 4 N–H and O–H groups in total. The van der Waals surface area contributed by atoms with Crippen LogP contribution in [0.3, 0.4) is 0 Å². The van der Waals surface area contributed by atoms with Crippen LogP contribution in [0.25, 0.3) is 0 Å². The Bertz CT molecular complexity index is 566. The summed E-state index contributed by atoms with van der Waals surface area (Å²) in [6.45, 7) is 3.93. The van der Waals surface area contributed by atoms with E-state index in [0.29, 0.717) is 6.54 Å². The van der Waals surface area contributed by atoms with Gasteiger partial charge in [-0.25, -0.2) is 9.78 Å². The van der Waals surface area contributed by atoms with Crippen molar-refractivity contribution < 1.29 is 19.5 Å². The van der Waals surface area contributed by atoms with Gasteiger partial charge in [-0.3, -0.25) is 15.0 Å². The predicted octanol–water partition coefficient (Wildman–Crippen LogP) is -0.636. The molecule has 1 saturated heterocycles. The second kappa shape index (κ2) is 8.80. The first kappa shape index (κ1) is 17.7. The summed E-state index contributed by atoms with van der Waals surface area (Å²) in [5.74, 6) is 0.917. The lowest BCUT2D eigenvalue weighted by atomic mass is 9.96. The maximum Gasteiger partial charge on any atom is 0.321 e. The lowest BCUT2D eigenvalue weighted by Crippen LogP contribution is -3.16. The van der Waals surface area contributed by atoms with E-state index < -0.39 is 0 Å². The second-order valence-corrected chi connectivity index (χ2v) is 7.02. The number of aromatic nitrogens is 1. The zero-order valence-corrected chi connectivity index (χ0v) is 14.7. The number of aromatic amines is 1. The Morgan fingerprint density at radius 2 is 1.92 bits per heavy atom. The fourth-order valence-electron chi connectivity index (χ4n) is 3.69. The molecule has 0 spiro atoms. The zero-order valence-electron chi connectivity index (χ0n) is 14.7. The van der Waals surface area contributed by atoms with Gasteiger partial charge in [-0.1, -0.05) is 25.3 Å². The number of anilines is 1. The van der Waals surface area contributed by atoms with Crippen LogP contribution in [0.2, 0.25) is 0 Å². The van der Waals surface area contributed by atoms with Crippen LogP contribution in [-0.2, 0) is 4.79 Å². The number of rotatable bonds is 4. The summed E-state index contributed by atoms with van der Waals surface area (Å²) in [7, 11) is 0. The number of urea groups is 1. The van der Waals surface area contributed by atoms with E-state index in [-0.39, 0.29) is 18.0 Å². The molecule has 0 aromatic carbocycles. The predicted molar refractivity (Wildman–Crippen MR) is 94.3 cm³/mol. The Labute approximate surface area is 148 Å². The first-order chi connectivity index (χ1) is 12.2. The highest BCUT2D eigenvalue weighted by Crippen LogP contribution is 2.17. The summed E-state index contributed by atoms with van der Waals surface area (Å²) < 4.78 is 0. The Balaban J connectivity index is 1.36. The molecule has 7 nitrogen and oxygen atoms in total. The van der Waals surface area contributed by atoms with Crippen LogP contribution in [0.5, 0.6) is 0 Å². The van der Waals surface area contributed by atoms with Gasteiger partial charge >= 0.3 is 6.03 Å². The van der Waals surface area contributed by atoms with Crippen molar-refractivity contribution in [3.05, 3.63) is 24.4 Å². The number of carbonyl (C=O) groups is 2. The normalized spacial score (nSPS) is 19.4. The smallest absolute Gasteiger partial charge is 0.321 e. The minimum Gasteiger partial charge on any atom is -0.335 e. The fourth-order valence-corrected chi connectivity index (χ4v) is 3.69. The molecule has 1 aliphatic carbocycles. The molecule has 1 saturated carbocycles. The summed E-state index contributed by atoms with van der Waals surface area (Å²) in [6.07, 6.45) is 7.52. The summed E-state index contributed by atoms with van der Waals surface area (Å²) >= 11 is 0. The standard InChI is InChI=1S/C18H27N5O2/c24-17(21-18(25)20-15-6-2-1-3-7-15)14-22-10-12-23(13-11-22)16-8-4-5-9-19-16/h4-5,8-9,15H,1-3,6-7,10-14H2,(H2,20,21,24,25)/p+2. The molecule has 3 rings (SSSR count). The number of H-pyrrole nitrogens is 1. The van der Waals surface area contributed by atoms with Crippen molar-refractivity contribution in [2.45, 2.75) is 38.1 Å². The molecule has 2 fully saturated rings. The van der Waals surface area contributed by atoms with E-state index in [2.05, 4.69) is 26.6 Å². The van der Waals surface area contributed by atoms with Crippen molar-refractivity contribution in [1.29, 1.82) is 0 Å². The van der Waals surface area contributed by atoms with Gasteiger partial charge in [-0.05, 0) is 18.9 Å². The van der Waals surface area contributed by atoms with Gasteiger partial charge in [0, 0.05) is 12.1 Å². The molecule has 1 aliphatic heterocycles. The summed E-state index contributed by atoms with van der Waals surface area (Å²) in [6, 6.07) is 5.93. The van der Waals surface area contributed by atoms with E-state index in [1.54, 1.807) is 0 Å². The minimum atomic E-state index is -0.339. The molecule has 1 aromatic heterocycles. The lowest BCUT2D eigenvalue weighted by Gasteiger charge is -2.28. The van der Waals surface area contributed by atoms with Gasteiger partial charge in [0.2, 0.25) is 0 Å². The van der Waals surface area contributed by atoms with Crippen LogP contribution in [0.15, 0.2) is 24.4 Å². The van der Waals surface area contributed by atoms with Crippen molar-refractivity contribution >= 4 is 17.8 Å². The van der Waals surface area contributed by atoms with Crippen molar-refractivity contribution in [2.75, 3.05) is 37.6 Å².